The molecule has 0 spiro atoms. The van der Waals surface area contributed by atoms with Crippen molar-refractivity contribution < 1.29 is 19.1 Å². The van der Waals surface area contributed by atoms with E-state index >= 15 is 0 Å². The Morgan fingerprint density at radius 1 is 0.944 bits per heavy atom. The summed E-state index contributed by atoms with van der Waals surface area (Å²) >= 11 is 0. The summed E-state index contributed by atoms with van der Waals surface area (Å²) in [4.78, 5) is 42.4. The number of benzene rings is 1. The van der Waals surface area contributed by atoms with Gasteiger partial charge in [0.2, 0.25) is 11.8 Å². The molecule has 0 saturated heterocycles. The lowest BCUT2D eigenvalue weighted by Crippen LogP contribution is -2.60. The third-order valence-electron chi connectivity index (χ3n) is 6.12. The van der Waals surface area contributed by atoms with Crippen molar-refractivity contribution in [2.75, 3.05) is 0 Å². The van der Waals surface area contributed by atoms with Crippen LogP contribution in [0, 0.1) is 12.8 Å². The summed E-state index contributed by atoms with van der Waals surface area (Å²) in [6.07, 6.45) is 1.79. The van der Waals surface area contributed by atoms with Gasteiger partial charge in [0.15, 0.2) is 0 Å². The molecule has 3 amide bonds. The average molecular weight is 504 g/mol. The molecule has 1 aromatic rings. The van der Waals surface area contributed by atoms with E-state index in [0.717, 1.165) is 24.0 Å². The van der Waals surface area contributed by atoms with Crippen LogP contribution in [0.1, 0.15) is 106 Å². The highest BCUT2D eigenvalue weighted by atomic mass is 16.6. The molecule has 0 radical (unpaired) electrons. The van der Waals surface area contributed by atoms with Gasteiger partial charge in [-0.15, -0.1) is 0 Å². The van der Waals surface area contributed by atoms with E-state index < -0.39 is 29.3 Å². The fourth-order valence-electron chi connectivity index (χ4n) is 4.11. The van der Waals surface area contributed by atoms with Gasteiger partial charge in [-0.05, 0) is 73.3 Å². The third-order valence-corrected chi connectivity index (χ3v) is 6.12. The van der Waals surface area contributed by atoms with Crippen LogP contribution in [0.5, 0.6) is 0 Å². The van der Waals surface area contributed by atoms with Crippen molar-refractivity contribution in [3.63, 3.8) is 0 Å². The van der Waals surface area contributed by atoms with Gasteiger partial charge < -0.3 is 20.3 Å². The standard InChI is InChI=1S/C29H49N3O4/c1-12-14-21(5)30-25(33)24(22-17-15-19(3)16-18-22)32(28(6,7)8)26(34)23(20(4)13-2)31-27(35)36-29(9,10)11/h15-18,20-21,23-24H,12-14H2,1-11H3,(H,30,33)(H,31,35). The Morgan fingerprint density at radius 2 is 1.50 bits per heavy atom. The van der Waals surface area contributed by atoms with Crippen LogP contribution in [0.2, 0.25) is 0 Å². The highest BCUT2D eigenvalue weighted by molar-refractivity contribution is 5.93. The second kappa shape index (κ2) is 13.1. The lowest BCUT2D eigenvalue weighted by Gasteiger charge is -2.44. The average Bonchev–Trinajstić information content (AvgIpc) is 2.73. The zero-order valence-electron chi connectivity index (χ0n) is 24.3. The first-order valence-corrected chi connectivity index (χ1v) is 13.2. The molecule has 0 aromatic heterocycles. The normalized spacial score (nSPS) is 15.3. The third kappa shape index (κ3) is 9.47. The Balaban J connectivity index is 3.58. The summed E-state index contributed by atoms with van der Waals surface area (Å²) in [5.74, 6) is -0.717. The van der Waals surface area contributed by atoms with Crippen LogP contribution in [0.4, 0.5) is 4.79 Å². The number of amides is 3. The SMILES string of the molecule is CCCC(C)NC(=O)C(c1ccc(C)cc1)N(C(=O)C(NC(=O)OC(C)(C)C)C(C)CC)C(C)(C)C. The van der Waals surface area contributed by atoms with Crippen LogP contribution >= 0.6 is 0 Å². The van der Waals surface area contributed by atoms with Gasteiger partial charge in [-0.2, -0.15) is 0 Å². The second-order valence-electron chi connectivity index (χ2n) is 11.9. The molecular formula is C29H49N3O4. The molecule has 204 valence electrons. The number of nitrogens with one attached hydrogen (secondary N) is 2. The van der Waals surface area contributed by atoms with Crippen molar-refractivity contribution in [2.24, 2.45) is 5.92 Å². The number of aryl methyl sites for hydroxylation is 1. The molecule has 7 heteroatoms. The predicted molar refractivity (Wildman–Crippen MR) is 146 cm³/mol. The minimum Gasteiger partial charge on any atom is -0.444 e. The minimum atomic E-state index is -0.857. The number of carbonyl (C=O) groups excluding carboxylic acids is 3. The maximum atomic E-state index is 14.3. The molecule has 0 saturated carbocycles. The maximum Gasteiger partial charge on any atom is 0.408 e. The van der Waals surface area contributed by atoms with Crippen LogP contribution < -0.4 is 10.6 Å². The quantitative estimate of drug-likeness (QED) is 0.416. The second-order valence-corrected chi connectivity index (χ2v) is 11.9. The summed E-state index contributed by atoms with van der Waals surface area (Å²) in [5.41, 5.74) is 0.385. The Hall–Kier alpha value is -2.57. The molecule has 36 heavy (non-hydrogen) atoms. The topological polar surface area (TPSA) is 87.7 Å². The first-order valence-electron chi connectivity index (χ1n) is 13.2. The largest absolute Gasteiger partial charge is 0.444 e. The van der Waals surface area contributed by atoms with E-state index in [1.54, 1.807) is 25.7 Å². The van der Waals surface area contributed by atoms with Gasteiger partial charge in [0.1, 0.15) is 17.7 Å². The van der Waals surface area contributed by atoms with Crippen LogP contribution in [0.3, 0.4) is 0 Å². The van der Waals surface area contributed by atoms with E-state index in [1.807, 2.05) is 72.7 Å². The number of carbonyl (C=O) groups is 3. The van der Waals surface area contributed by atoms with Crippen molar-refractivity contribution in [1.29, 1.82) is 0 Å². The number of hydrogen-bond donors (Lipinski definition) is 2. The van der Waals surface area contributed by atoms with Crippen molar-refractivity contribution in [3.05, 3.63) is 35.4 Å². The Morgan fingerprint density at radius 3 is 1.94 bits per heavy atom. The number of alkyl carbamates (subject to hydrolysis) is 1. The number of nitrogens with zero attached hydrogens (tertiary/aromatic N) is 1. The summed E-state index contributed by atoms with van der Waals surface area (Å²) in [7, 11) is 0. The van der Waals surface area contributed by atoms with Crippen molar-refractivity contribution in [3.8, 4) is 0 Å². The lowest BCUT2D eigenvalue weighted by atomic mass is 9.91. The fourth-order valence-corrected chi connectivity index (χ4v) is 4.11. The molecule has 4 atom stereocenters. The van der Waals surface area contributed by atoms with Gasteiger partial charge in [0, 0.05) is 11.6 Å². The molecule has 0 aliphatic carbocycles. The molecule has 0 aliphatic rings. The summed E-state index contributed by atoms with van der Waals surface area (Å²) in [6, 6.07) is 5.95. The molecule has 4 unspecified atom stereocenters. The first kappa shape index (κ1) is 31.5. The molecule has 1 aromatic carbocycles. The molecule has 0 heterocycles. The van der Waals surface area contributed by atoms with E-state index in [-0.39, 0.29) is 23.8 Å². The smallest absolute Gasteiger partial charge is 0.408 e. The Bertz CT molecular complexity index is 868. The van der Waals surface area contributed by atoms with Gasteiger partial charge >= 0.3 is 6.09 Å². The lowest BCUT2D eigenvalue weighted by molar-refractivity contribution is -0.149. The monoisotopic (exact) mass is 503 g/mol. The van der Waals surface area contributed by atoms with Gasteiger partial charge in [-0.25, -0.2) is 4.79 Å². The van der Waals surface area contributed by atoms with E-state index in [0.29, 0.717) is 6.42 Å². The van der Waals surface area contributed by atoms with Gasteiger partial charge in [-0.1, -0.05) is 63.4 Å². The van der Waals surface area contributed by atoms with Crippen molar-refractivity contribution in [2.45, 2.75) is 125 Å². The fraction of sp³-hybridized carbons (Fsp3) is 0.690. The highest BCUT2D eigenvalue weighted by Gasteiger charge is 2.43. The molecule has 0 bridgehead atoms. The summed E-state index contributed by atoms with van der Waals surface area (Å²) in [6.45, 7) is 21.0. The van der Waals surface area contributed by atoms with Crippen molar-refractivity contribution >= 4 is 17.9 Å². The van der Waals surface area contributed by atoms with E-state index in [2.05, 4.69) is 17.6 Å². The molecule has 0 fully saturated rings. The maximum absolute atomic E-state index is 14.3. The van der Waals surface area contributed by atoms with E-state index in [9.17, 15) is 14.4 Å². The zero-order chi connectivity index (χ0) is 27.8. The molecule has 1 rings (SSSR count). The first-order chi connectivity index (χ1) is 16.5. The van der Waals surface area contributed by atoms with E-state index in [4.69, 9.17) is 4.74 Å². The van der Waals surface area contributed by atoms with Crippen LogP contribution in [0.25, 0.3) is 0 Å². The molecule has 2 N–H and O–H groups in total. The van der Waals surface area contributed by atoms with Crippen molar-refractivity contribution in [1.82, 2.24) is 15.5 Å². The number of rotatable bonds is 10. The summed E-state index contributed by atoms with van der Waals surface area (Å²) < 4.78 is 5.46. The van der Waals surface area contributed by atoms with Gasteiger partial charge in [-0.3, -0.25) is 9.59 Å². The van der Waals surface area contributed by atoms with E-state index in [1.165, 1.54) is 0 Å². The molecule has 7 nitrogen and oxygen atoms in total. The van der Waals surface area contributed by atoms with Crippen LogP contribution in [-0.2, 0) is 14.3 Å². The van der Waals surface area contributed by atoms with Gasteiger partial charge in [0.05, 0.1) is 0 Å². The zero-order valence-corrected chi connectivity index (χ0v) is 24.3. The predicted octanol–water partition coefficient (Wildman–Crippen LogP) is 5.91. The highest BCUT2D eigenvalue weighted by Crippen LogP contribution is 2.31. The van der Waals surface area contributed by atoms with Crippen LogP contribution in [0.15, 0.2) is 24.3 Å². The molecule has 0 aliphatic heterocycles. The number of ether oxygens (including phenoxy) is 1. The Kier molecular flexibility index (Phi) is 11.5. The van der Waals surface area contributed by atoms with Gasteiger partial charge in [0.25, 0.3) is 0 Å². The molecular weight excluding hydrogens is 454 g/mol. The van der Waals surface area contributed by atoms with Crippen LogP contribution in [-0.4, -0.2) is 46.0 Å². The number of hydrogen-bond acceptors (Lipinski definition) is 4. The Labute approximate surface area is 218 Å². The minimum absolute atomic E-state index is 0.0300. The summed E-state index contributed by atoms with van der Waals surface area (Å²) in [5, 5.41) is 5.92.